The van der Waals surface area contributed by atoms with Crippen LogP contribution in [0.3, 0.4) is 0 Å². The molecule has 0 aliphatic heterocycles. The summed E-state index contributed by atoms with van der Waals surface area (Å²) in [6.45, 7) is 2.55. The number of amides is 1. The van der Waals surface area contributed by atoms with Crippen LogP contribution in [-0.2, 0) is 6.54 Å². The number of benzene rings is 1. The Morgan fingerprint density at radius 1 is 1.29 bits per heavy atom. The average Bonchev–Trinajstić information content (AvgIpc) is 2.46. The first-order chi connectivity index (χ1) is 9.97. The monoisotopic (exact) mass is 285 g/mol. The van der Waals surface area contributed by atoms with Crippen molar-refractivity contribution in [2.75, 3.05) is 24.3 Å². The Balaban J connectivity index is 2.06. The SMILES string of the molecule is Cc1cnc(NCc2ccc(C(N)=O)cc2)nc1N(C)C. The predicted octanol–water partition coefficient (Wildman–Crippen LogP) is 1.56. The van der Waals surface area contributed by atoms with E-state index in [1.807, 2.05) is 38.1 Å². The summed E-state index contributed by atoms with van der Waals surface area (Å²) in [6.07, 6.45) is 1.79. The lowest BCUT2D eigenvalue weighted by Crippen LogP contribution is -2.14. The van der Waals surface area contributed by atoms with Crippen molar-refractivity contribution in [2.24, 2.45) is 5.73 Å². The van der Waals surface area contributed by atoms with Crippen LogP contribution >= 0.6 is 0 Å². The Morgan fingerprint density at radius 3 is 2.52 bits per heavy atom. The van der Waals surface area contributed by atoms with Crippen LogP contribution < -0.4 is 16.0 Å². The molecule has 1 heterocycles. The second kappa shape index (κ2) is 6.21. The van der Waals surface area contributed by atoms with E-state index in [-0.39, 0.29) is 0 Å². The Bertz CT molecular complexity index is 637. The third-order valence-corrected chi connectivity index (χ3v) is 3.06. The molecule has 1 aromatic carbocycles. The van der Waals surface area contributed by atoms with Crippen molar-refractivity contribution in [2.45, 2.75) is 13.5 Å². The lowest BCUT2D eigenvalue weighted by molar-refractivity contribution is 0.100. The highest BCUT2D eigenvalue weighted by atomic mass is 16.1. The second-order valence-electron chi connectivity index (χ2n) is 5.01. The Kier molecular flexibility index (Phi) is 4.37. The van der Waals surface area contributed by atoms with E-state index in [1.54, 1.807) is 18.3 Å². The zero-order chi connectivity index (χ0) is 15.4. The van der Waals surface area contributed by atoms with Crippen LogP contribution in [0.4, 0.5) is 11.8 Å². The Hall–Kier alpha value is -2.63. The van der Waals surface area contributed by atoms with Gasteiger partial charge in [-0.05, 0) is 24.6 Å². The minimum absolute atomic E-state index is 0.424. The van der Waals surface area contributed by atoms with Crippen LogP contribution in [-0.4, -0.2) is 30.0 Å². The number of rotatable bonds is 5. The van der Waals surface area contributed by atoms with Crippen molar-refractivity contribution in [1.29, 1.82) is 0 Å². The molecule has 3 N–H and O–H groups in total. The van der Waals surface area contributed by atoms with E-state index in [2.05, 4.69) is 15.3 Å². The van der Waals surface area contributed by atoms with Gasteiger partial charge in [-0.2, -0.15) is 4.98 Å². The summed E-state index contributed by atoms with van der Waals surface area (Å²) in [5, 5.41) is 3.17. The molecule has 2 aromatic rings. The van der Waals surface area contributed by atoms with E-state index >= 15 is 0 Å². The summed E-state index contributed by atoms with van der Waals surface area (Å²) < 4.78 is 0. The number of aromatic nitrogens is 2. The molecule has 0 aliphatic carbocycles. The van der Waals surface area contributed by atoms with Crippen molar-refractivity contribution in [3.63, 3.8) is 0 Å². The van der Waals surface area contributed by atoms with Crippen LogP contribution in [0.25, 0.3) is 0 Å². The van der Waals surface area contributed by atoms with Gasteiger partial charge in [-0.15, -0.1) is 0 Å². The predicted molar refractivity (Wildman–Crippen MR) is 83.4 cm³/mol. The number of aryl methyl sites for hydroxylation is 1. The van der Waals surface area contributed by atoms with Gasteiger partial charge in [0.25, 0.3) is 0 Å². The number of carbonyl (C=O) groups is 1. The molecule has 1 aromatic heterocycles. The Morgan fingerprint density at radius 2 is 1.95 bits per heavy atom. The first-order valence-corrected chi connectivity index (χ1v) is 6.61. The number of hydrogen-bond acceptors (Lipinski definition) is 5. The van der Waals surface area contributed by atoms with Gasteiger partial charge in [0.05, 0.1) is 0 Å². The van der Waals surface area contributed by atoms with Gasteiger partial charge in [0, 0.05) is 38.0 Å². The molecule has 0 atom stereocenters. The number of nitrogens with two attached hydrogens (primary N) is 1. The van der Waals surface area contributed by atoms with Gasteiger partial charge < -0.3 is 16.0 Å². The molecule has 110 valence electrons. The number of primary amides is 1. The minimum atomic E-state index is -0.424. The second-order valence-corrected chi connectivity index (χ2v) is 5.01. The molecular weight excluding hydrogens is 266 g/mol. The molecule has 0 aliphatic rings. The normalized spacial score (nSPS) is 10.2. The van der Waals surface area contributed by atoms with Crippen molar-refractivity contribution in [3.8, 4) is 0 Å². The van der Waals surface area contributed by atoms with Crippen molar-refractivity contribution >= 4 is 17.7 Å². The first kappa shape index (κ1) is 14.8. The third kappa shape index (κ3) is 3.68. The summed E-state index contributed by atoms with van der Waals surface area (Å²) in [5.41, 5.74) is 7.76. The third-order valence-electron chi connectivity index (χ3n) is 3.06. The van der Waals surface area contributed by atoms with Gasteiger partial charge in [0.2, 0.25) is 11.9 Å². The highest BCUT2D eigenvalue weighted by Gasteiger charge is 2.06. The van der Waals surface area contributed by atoms with Crippen LogP contribution in [0.15, 0.2) is 30.5 Å². The van der Waals surface area contributed by atoms with Gasteiger partial charge in [-0.3, -0.25) is 4.79 Å². The molecule has 6 heteroatoms. The van der Waals surface area contributed by atoms with E-state index in [9.17, 15) is 4.79 Å². The van der Waals surface area contributed by atoms with E-state index in [1.165, 1.54) is 0 Å². The number of carbonyl (C=O) groups excluding carboxylic acids is 1. The van der Waals surface area contributed by atoms with E-state index in [0.717, 1.165) is 16.9 Å². The molecule has 6 nitrogen and oxygen atoms in total. The number of hydrogen-bond donors (Lipinski definition) is 2. The van der Waals surface area contributed by atoms with Crippen LogP contribution in [0.2, 0.25) is 0 Å². The number of anilines is 2. The topological polar surface area (TPSA) is 84.1 Å². The number of nitrogens with zero attached hydrogens (tertiary/aromatic N) is 3. The molecule has 2 rings (SSSR count). The van der Waals surface area contributed by atoms with Crippen molar-refractivity contribution in [3.05, 3.63) is 47.2 Å². The molecule has 0 bridgehead atoms. The largest absolute Gasteiger partial charge is 0.366 e. The molecule has 1 amide bonds. The molecule has 0 radical (unpaired) electrons. The smallest absolute Gasteiger partial charge is 0.248 e. The Labute approximate surface area is 124 Å². The van der Waals surface area contributed by atoms with Gasteiger partial charge in [0.15, 0.2) is 0 Å². The molecule has 21 heavy (non-hydrogen) atoms. The van der Waals surface area contributed by atoms with Crippen LogP contribution in [0.1, 0.15) is 21.5 Å². The van der Waals surface area contributed by atoms with Gasteiger partial charge in [-0.1, -0.05) is 12.1 Å². The highest BCUT2D eigenvalue weighted by molar-refractivity contribution is 5.92. The zero-order valence-electron chi connectivity index (χ0n) is 12.4. The van der Waals surface area contributed by atoms with Gasteiger partial charge in [0.1, 0.15) is 5.82 Å². The summed E-state index contributed by atoms with van der Waals surface area (Å²) >= 11 is 0. The standard InChI is InChI=1S/C15H19N5O/c1-10-8-17-15(19-14(10)20(2)3)18-9-11-4-6-12(7-5-11)13(16)21/h4-8H,9H2,1-3H3,(H2,16,21)(H,17,18,19). The van der Waals surface area contributed by atoms with E-state index in [4.69, 9.17) is 5.73 Å². The lowest BCUT2D eigenvalue weighted by atomic mass is 10.1. The molecule has 0 unspecified atom stereocenters. The number of nitrogens with one attached hydrogen (secondary N) is 1. The maximum atomic E-state index is 11.0. The minimum Gasteiger partial charge on any atom is -0.366 e. The summed E-state index contributed by atoms with van der Waals surface area (Å²) in [7, 11) is 3.89. The average molecular weight is 285 g/mol. The lowest BCUT2D eigenvalue weighted by Gasteiger charge is -2.15. The highest BCUT2D eigenvalue weighted by Crippen LogP contribution is 2.15. The van der Waals surface area contributed by atoms with Gasteiger partial charge in [-0.25, -0.2) is 4.98 Å². The fourth-order valence-corrected chi connectivity index (χ4v) is 1.94. The zero-order valence-corrected chi connectivity index (χ0v) is 12.4. The summed E-state index contributed by atoms with van der Waals surface area (Å²) in [4.78, 5) is 21.7. The molecular formula is C15H19N5O. The maximum Gasteiger partial charge on any atom is 0.248 e. The van der Waals surface area contributed by atoms with Gasteiger partial charge >= 0.3 is 0 Å². The molecule has 0 fully saturated rings. The van der Waals surface area contributed by atoms with Crippen LogP contribution in [0.5, 0.6) is 0 Å². The first-order valence-electron chi connectivity index (χ1n) is 6.61. The summed E-state index contributed by atoms with van der Waals surface area (Å²) in [6, 6.07) is 7.13. The maximum absolute atomic E-state index is 11.0. The quantitative estimate of drug-likeness (QED) is 0.871. The summed E-state index contributed by atoms with van der Waals surface area (Å²) in [5.74, 6) is 1.03. The fourth-order valence-electron chi connectivity index (χ4n) is 1.94. The fraction of sp³-hybridized carbons (Fsp3) is 0.267. The van der Waals surface area contributed by atoms with E-state index < -0.39 is 5.91 Å². The molecule has 0 spiro atoms. The molecule has 0 saturated heterocycles. The van der Waals surface area contributed by atoms with E-state index in [0.29, 0.717) is 18.1 Å². The molecule has 0 saturated carbocycles. The van der Waals surface area contributed by atoms with Crippen LogP contribution in [0, 0.1) is 6.92 Å². The van der Waals surface area contributed by atoms with Crippen molar-refractivity contribution < 1.29 is 4.79 Å². The van der Waals surface area contributed by atoms with Crippen molar-refractivity contribution in [1.82, 2.24) is 9.97 Å².